The maximum Gasteiger partial charge on any atom is 0.317 e. The lowest BCUT2D eigenvalue weighted by molar-refractivity contribution is -0.136. The summed E-state index contributed by atoms with van der Waals surface area (Å²) in [5.74, 6) is -0.280. The summed E-state index contributed by atoms with van der Waals surface area (Å²) in [6.07, 6.45) is 1.88. The fourth-order valence-corrected chi connectivity index (χ4v) is 8.25. The van der Waals surface area contributed by atoms with Crippen LogP contribution < -0.4 is 5.32 Å². The third kappa shape index (κ3) is 6.23. The number of aromatic nitrogens is 1. The van der Waals surface area contributed by atoms with Gasteiger partial charge in [0.05, 0.1) is 22.5 Å². The summed E-state index contributed by atoms with van der Waals surface area (Å²) in [5.41, 5.74) is 2.44. The molecular formula is C33H32Cl3N5O3S. The summed E-state index contributed by atoms with van der Waals surface area (Å²) in [5, 5.41) is 5.12. The lowest BCUT2D eigenvalue weighted by Crippen LogP contribution is -2.58. The Kier molecular flexibility index (Phi) is 9.24. The predicted octanol–water partition coefficient (Wildman–Crippen LogP) is 7.01. The van der Waals surface area contributed by atoms with Crippen molar-refractivity contribution in [3.63, 3.8) is 0 Å². The zero-order chi connectivity index (χ0) is 31.7. The van der Waals surface area contributed by atoms with E-state index in [1.165, 1.54) is 11.8 Å². The summed E-state index contributed by atoms with van der Waals surface area (Å²) in [4.78, 5) is 51.3. The fourth-order valence-electron chi connectivity index (χ4n) is 6.27. The van der Waals surface area contributed by atoms with Crippen molar-refractivity contribution >= 4 is 75.3 Å². The topological polar surface area (TPSA) is 88.8 Å². The smallest absolute Gasteiger partial charge is 0.317 e. The molecule has 0 radical (unpaired) electrons. The molecule has 0 bridgehead atoms. The molecule has 45 heavy (non-hydrogen) atoms. The number of nitrogens with zero attached hydrogens (tertiary/aromatic N) is 3. The minimum Gasteiger partial charge on any atom is -0.361 e. The van der Waals surface area contributed by atoms with Crippen LogP contribution in [-0.2, 0) is 16.1 Å². The van der Waals surface area contributed by atoms with Gasteiger partial charge in [-0.15, -0.1) is 11.8 Å². The Hall–Kier alpha value is -3.37. The van der Waals surface area contributed by atoms with Crippen molar-refractivity contribution in [3.05, 3.63) is 99.1 Å². The Balaban J connectivity index is 1.46. The second-order valence-electron chi connectivity index (χ2n) is 11.2. The van der Waals surface area contributed by atoms with Gasteiger partial charge >= 0.3 is 6.03 Å². The highest BCUT2D eigenvalue weighted by Crippen LogP contribution is 2.55. The molecule has 3 aromatic carbocycles. The number of benzene rings is 3. The molecule has 234 valence electrons. The van der Waals surface area contributed by atoms with Crippen LogP contribution in [0.15, 0.2) is 77.8 Å². The maximum absolute atomic E-state index is 15.0. The number of hydrogen-bond donors (Lipinski definition) is 2. The van der Waals surface area contributed by atoms with Crippen LogP contribution in [0.3, 0.4) is 0 Å². The Morgan fingerprint density at radius 2 is 1.69 bits per heavy atom. The molecule has 1 aromatic heterocycles. The van der Waals surface area contributed by atoms with Crippen LogP contribution in [0.4, 0.5) is 4.79 Å². The van der Waals surface area contributed by atoms with Gasteiger partial charge in [0.25, 0.3) is 0 Å². The molecule has 6 rings (SSSR count). The molecule has 4 aromatic rings. The Morgan fingerprint density at radius 3 is 2.40 bits per heavy atom. The number of halogens is 3. The normalized spacial score (nSPS) is 20.2. The van der Waals surface area contributed by atoms with Gasteiger partial charge < -0.3 is 25.0 Å². The zero-order valence-corrected chi connectivity index (χ0v) is 27.6. The number of thioether (sulfide) groups is 1. The summed E-state index contributed by atoms with van der Waals surface area (Å²) in [7, 11) is 0. The van der Waals surface area contributed by atoms with E-state index in [1.807, 2.05) is 67.7 Å². The third-order valence-electron chi connectivity index (χ3n) is 8.38. The number of aromatic amines is 1. The zero-order valence-electron chi connectivity index (χ0n) is 24.6. The first-order chi connectivity index (χ1) is 21.7. The van der Waals surface area contributed by atoms with E-state index in [4.69, 9.17) is 34.8 Å². The van der Waals surface area contributed by atoms with Gasteiger partial charge in [-0.3, -0.25) is 9.59 Å². The van der Waals surface area contributed by atoms with Gasteiger partial charge in [0, 0.05) is 71.8 Å². The van der Waals surface area contributed by atoms with Crippen LogP contribution in [0.2, 0.25) is 15.1 Å². The molecule has 2 aliphatic heterocycles. The van der Waals surface area contributed by atoms with Crippen molar-refractivity contribution in [1.82, 2.24) is 25.0 Å². The maximum atomic E-state index is 15.0. The number of fused-ring (bicyclic) bond motifs is 1. The van der Waals surface area contributed by atoms with Crippen molar-refractivity contribution < 1.29 is 14.4 Å². The number of amides is 4. The van der Waals surface area contributed by atoms with Crippen molar-refractivity contribution in [2.45, 2.75) is 35.6 Å². The second kappa shape index (κ2) is 13.2. The standard InChI is InChI=1S/C33H32Cl3N5O3S/c1-2-37-32(44)40-14-12-39(13-15-40)31(43)33(45-23-6-4-3-5-7-23)18-29(42)41(20-21-8-11-26(35)27(36)16-21)30(33)25-19-38-28-17-22(34)9-10-24(25)28/h3-11,16-17,19,30,38H,2,12-15,18,20H2,1H3,(H,37,44)/t30-,33-/m0/s1. The molecule has 0 spiro atoms. The van der Waals surface area contributed by atoms with E-state index in [2.05, 4.69) is 10.3 Å². The van der Waals surface area contributed by atoms with Gasteiger partial charge in [-0.1, -0.05) is 65.1 Å². The predicted molar refractivity (Wildman–Crippen MR) is 180 cm³/mol. The van der Waals surface area contributed by atoms with Crippen molar-refractivity contribution in [2.24, 2.45) is 0 Å². The van der Waals surface area contributed by atoms with E-state index in [1.54, 1.807) is 26.8 Å². The first-order valence-electron chi connectivity index (χ1n) is 14.8. The molecule has 0 aliphatic carbocycles. The molecule has 0 saturated carbocycles. The van der Waals surface area contributed by atoms with Crippen LogP contribution in [0.25, 0.3) is 10.9 Å². The van der Waals surface area contributed by atoms with Crippen molar-refractivity contribution in [3.8, 4) is 0 Å². The highest BCUT2D eigenvalue weighted by Gasteiger charge is 2.59. The first kappa shape index (κ1) is 31.6. The van der Waals surface area contributed by atoms with Gasteiger partial charge in [0.15, 0.2) is 0 Å². The number of rotatable bonds is 7. The average molecular weight is 685 g/mol. The van der Waals surface area contributed by atoms with Crippen LogP contribution in [-0.4, -0.2) is 75.0 Å². The number of H-pyrrole nitrogens is 1. The minimum absolute atomic E-state index is 0.00577. The van der Waals surface area contributed by atoms with Crippen LogP contribution in [0.1, 0.15) is 30.5 Å². The molecule has 12 heteroatoms. The quantitative estimate of drug-likeness (QED) is 0.219. The summed E-state index contributed by atoms with van der Waals surface area (Å²) in [6, 6.07) is 19.8. The molecule has 2 atom stereocenters. The van der Waals surface area contributed by atoms with Gasteiger partial charge in [0.2, 0.25) is 11.8 Å². The Morgan fingerprint density at radius 1 is 0.956 bits per heavy atom. The van der Waals surface area contributed by atoms with E-state index in [-0.39, 0.29) is 30.8 Å². The second-order valence-corrected chi connectivity index (χ2v) is 13.9. The number of hydrogen-bond acceptors (Lipinski definition) is 4. The van der Waals surface area contributed by atoms with Crippen LogP contribution in [0.5, 0.6) is 0 Å². The number of carbonyl (C=O) groups is 3. The lowest BCUT2D eigenvalue weighted by atomic mass is 9.90. The summed E-state index contributed by atoms with van der Waals surface area (Å²) >= 11 is 20.4. The van der Waals surface area contributed by atoms with Gasteiger partial charge in [0.1, 0.15) is 4.75 Å². The molecule has 2 fully saturated rings. The molecule has 4 amide bonds. The molecule has 2 aliphatic rings. The number of piperazine rings is 1. The van der Waals surface area contributed by atoms with Crippen molar-refractivity contribution in [2.75, 3.05) is 32.7 Å². The number of likely N-dealkylation sites (tertiary alicyclic amines) is 1. The van der Waals surface area contributed by atoms with Gasteiger partial charge in [-0.2, -0.15) is 0 Å². The fraction of sp³-hybridized carbons (Fsp3) is 0.303. The average Bonchev–Trinajstić information content (AvgIpc) is 3.56. The minimum atomic E-state index is -1.21. The van der Waals surface area contributed by atoms with Gasteiger partial charge in [-0.25, -0.2) is 4.79 Å². The Labute approximate surface area is 281 Å². The monoisotopic (exact) mass is 683 g/mol. The number of nitrogens with one attached hydrogen (secondary N) is 2. The highest BCUT2D eigenvalue weighted by atomic mass is 35.5. The Bertz CT molecular complexity index is 1740. The van der Waals surface area contributed by atoms with Crippen LogP contribution >= 0.6 is 46.6 Å². The van der Waals surface area contributed by atoms with E-state index in [0.717, 1.165) is 26.9 Å². The highest BCUT2D eigenvalue weighted by molar-refractivity contribution is 8.01. The summed E-state index contributed by atoms with van der Waals surface area (Å²) < 4.78 is -1.21. The number of carbonyl (C=O) groups excluding carboxylic acids is 3. The molecule has 2 saturated heterocycles. The van der Waals surface area contributed by atoms with E-state index in [0.29, 0.717) is 47.8 Å². The van der Waals surface area contributed by atoms with Crippen LogP contribution in [0, 0.1) is 0 Å². The molecule has 3 heterocycles. The SMILES string of the molecule is CCNC(=O)N1CCN(C(=O)[C@]2(Sc3ccccc3)CC(=O)N(Cc3ccc(Cl)c(Cl)c3)[C@H]2c2c[nH]c3cc(Cl)ccc23)CC1. The first-order valence-corrected chi connectivity index (χ1v) is 16.7. The molecule has 2 N–H and O–H groups in total. The van der Waals surface area contributed by atoms with Gasteiger partial charge in [-0.05, 0) is 48.9 Å². The van der Waals surface area contributed by atoms with Crippen molar-refractivity contribution in [1.29, 1.82) is 0 Å². The largest absolute Gasteiger partial charge is 0.361 e. The summed E-state index contributed by atoms with van der Waals surface area (Å²) in [6.45, 7) is 4.18. The molecule has 8 nitrogen and oxygen atoms in total. The van der Waals surface area contributed by atoms with E-state index in [9.17, 15) is 9.59 Å². The van der Waals surface area contributed by atoms with E-state index >= 15 is 4.79 Å². The molecular weight excluding hydrogens is 653 g/mol. The van der Waals surface area contributed by atoms with E-state index < -0.39 is 10.8 Å². The lowest BCUT2D eigenvalue weighted by Gasteiger charge is -2.42. The third-order valence-corrected chi connectivity index (χ3v) is 10.8. The molecule has 0 unspecified atom stereocenters. The number of urea groups is 1.